The highest BCUT2D eigenvalue weighted by atomic mass is 16.2. The third-order valence-corrected chi connectivity index (χ3v) is 2.38. The molecule has 0 atom stereocenters. The zero-order valence-corrected chi connectivity index (χ0v) is 10.7. The summed E-state index contributed by atoms with van der Waals surface area (Å²) >= 11 is 0. The molecule has 1 rings (SSSR count). The summed E-state index contributed by atoms with van der Waals surface area (Å²) in [5, 5.41) is 3.26. The Balaban J connectivity index is 2.14. The van der Waals surface area contributed by atoms with Crippen LogP contribution in [0.5, 0.6) is 0 Å². The van der Waals surface area contributed by atoms with Crippen molar-refractivity contribution >= 4 is 5.91 Å². The maximum Gasteiger partial charge on any atom is 0.222 e. The number of nitrogens with one attached hydrogen (secondary N) is 1. The molecular formula is C12H20N4O. The summed E-state index contributed by atoms with van der Waals surface area (Å²) in [4.78, 5) is 21.2. The molecule has 5 heteroatoms. The molecular weight excluding hydrogens is 216 g/mol. The predicted octanol–water partition coefficient (Wildman–Crippen LogP) is 0.743. The summed E-state index contributed by atoms with van der Waals surface area (Å²) < 4.78 is 0. The highest BCUT2D eigenvalue weighted by Gasteiger charge is 2.02. The second-order valence-electron chi connectivity index (χ2n) is 4.16. The van der Waals surface area contributed by atoms with Crippen LogP contribution in [0.2, 0.25) is 0 Å². The third kappa shape index (κ3) is 5.40. The molecule has 17 heavy (non-hydrogen) atoms. The number of hydrogen-bond donors (Lipinski definition) is 1. The lowest BCUT2D eigenvalue weighted by Crippen LogP contribution is -2.23. The predicted molar refractivity (Wildman–Crippen MR) is 66.4 cm³/mol. The van der Waals surface area contributed by atoms with Gasteiger partial charge < -0.3 is 10.2 Å². The first kappa shape index (κ1) is 13.6. The van der Waals surface area contributed by atoms with Gasteiger partial charge >= 0.3 is 0 Å². The van der Waals surface area contributed by atoms with E-state index in [1.165, 1.54) is 0 Å². The largest absolute Gasteiger partial charge is 0.349 e. The van der Waals surface area contributed by atoms with Crippen LogP contribution < -0.4 is 5.32 Å². The van der Waals surface area contributed by atoms with Crippen LogP contribution in [0, 0.1) is 6.92 Å². The van der Waals surface area contributed by atoms with Gasteiger partial charge in [-0.25, -0.2) is 9.97 Å². The number of rotatable bonds is 6. The molecule has 0 aromatic carbocycles. The van der Waals surface area contributed by atoms with Gasteiger partial charge in [0.05, 0.1) is 5.69 Å². The van der Waals surface area contributed by atoms with Crippen LogP contribution in [0.4, 0.5) is 0 Å². The zero-order valence-electron chi connectivity index (χ0n) is 10.7. The molecule has 0 aliphatic heterocycles. The van der Waals surface area contributed by atoms with Gasteiger partial charge in [0.25, 0.3) is 0 Å². The van der Waals surface area contributed by atoms with E-state index in [9.17, 15) is 4.79 Å². The van der Waals surface area contributed by atoms with Gasteiger partial charge in [-0.2, -0.15) is 0 Å². The lowest BCUT2D eigenvalue weighted by Gasteiger charge is -2.10. The summed E-state index contributed by atoms with van der Waals surface area (Å²) in [7, 11) is 3.55. The summed E-state index contributed by atoms with van der Waals surface area (Å²) in [6.07, 6.45) is 3.19. The molecule has 0 saturated carbocycles. The summed E-state index contributed by atoms with van der Waals surface area (Å²) in [6.45, 7) is 3.42. The smallest absolute Gasteiger partial charge is 0.222 e. The van der Waals surface area contributed by atoms with Crippen molar-refractivity contribution in [1.29, 1.82) is 0 Å². The number of amides is 1. The number of carbonyl (C=O) groups excluding carboxylic acids is 1. The van der Waals surface area contributed by atoms with Crippen LogP contribution in [0.1, 0.15) is 24.4 Å². The molecule has 1 N–H and O–H groups in total. The molecule has 0 spiro atoms. The van der Waals surface area contributed by atoms with Crippen molar-refractivity contribution in [3.63, 3.8) is 0 Å². The molecule has 0 bridgehead atoms. The van der Waals surface area contributed by atoms with Gasteiger partial charge in [0.15, 0.2) is 0 Å². The number of aromatic nitrogens is 2. The van der Waals surface area contributed by atoms with Crippen LogP contribution in [0.25, 0.3) is 0 Å². The molecule has 1 amide bonds. The summed E-state index contributed by atoms with van der Waals surface area (Å²) in [5.74, 6) is 0.955. The fourth-order valence-corrected chi connectivity index (χ4v) is 1.41. The van der Waals surface area contributed by atoms with Crippen molar-refractivity contribution in [2.24, 2.45) is 0 Å². The van der Waals surface area contributed by atoms with E-state index in [-0.39, 0.29) is 5.91 Å². The second-order valence-corrected chi connectivity index (χ2v) is 4.16. The van der Waals surface area contributed by atoms with Crippen molar-refractivity contribution in [1.82, 2.24) is 20.2 Å². The minimum atomic E-state index is 0.171. The van der Waals surface area contributed by atoms with Crippen LogP contribution in [-0.4, -0.2) is 41.4 Å². The van der Waals surface area contributed by atoms with E-state index in [2.05, 4.69) is 15.3 Å². The summed E-state index contributed by atoms with van der Waals surface area (Å²) in [6, 6.07) is 1.89. The van der Waals surface area contributed by atoms with Crippen LogP contribution >= 0.6 is 0 Å². The van der Waals surface area contributed by atoms with Crippen molar-refractivity contribution in [3.8, 4) is 0 Å². The van der Waals surface area contributed by atoms with Crippen molar-refractivity contribution in [3.05, 3.63) is 23.8 Å². The lowest BCUT2D eigenvalue weighted by molar-refractivity contribution is -0.128. The van der Waals surface area contributed by atoms with E-state index in [0.29, 0.717) is 6.42 Å². The Kier molecular flexibility index (Phi) is 5.56. The minimum absolute atomic E-state index is 0.171. The van der Waals surface area contributed by atoms with Crippen molar-refractivity contribution in [2.75, 3.05) is 20.6 Å². The molecule has 94 valence electrons. The normalized spacial score (nSPS) is 10.3. The Hall–Kier alpha value is -1.49. The van der Waals surface area contributed by atoms with E-state index >= 15 is 0 Å². The second kappa shape index (κ2) is 6.96. The first-order valence-corrected chi connectivity index (χ1v) is 5.79. The Morgan fingerprint density at radius 2 is 2.24 bits per heavy atom. The Morgan fingerprint density at radius 1 is 1.47 bits per heavy atom. The topological polar surface area (TPSA) is 58.1 Å². The quantitative estimate of drug-likeness (QED) is 0.740. The van der Waals surface area contributed by atoms with E-state index in [0.717, 1.165) is 31.0 Å². The Labute approximate surface area is 102 Å². The molecule has 0 fully saturated rings. The molecule has 0 aliphatic carbocycles. The highest BCUT2D eigenvalue weighted by molar-refractivity contribution is 5.75. The Morgan fingerprint density at radius 3 is 2.88 bits per heavy atom. The van der Waals surface area contributed by atoms with Crippen molar-refractivity contribution in [2.45, 2.75) is 26.3 Å². The first-order valence-electron chi connectivity index (χ1n) is 5.79. The molecule has 0 saturated heterocycles. The van der Waals surface area contributed by atoms with Gasteiger partial charge in [0.2, 0.25) is 5.91 Å². The van der Waals surface area contributed by atoms with Crippen LogP contribution in [-0.2, 0) is 11.3 Å². The molecule has 0 unspecified atom stereocenters. The minimum Gasteiger partial charge on any atom is -0.349 e. The van der Waals surface area contributed by atoms with Gasteiger partial charge in [-0.05, 0) is 26.0 Å². The first-order chi connectivity index (χ1) is 8.09. The molecule has 5 nitrogen and oxygen atoms in total. The third-order valence-electron chi connectivity index (χ3n) is 2.38. The molecule has 0 radical (unpaired) electrons. The molecule has 1 heterocycles. The van der Waals surface area contributed by atoms with Gasteiger partial charge in [-0.15, -0.1) is 0 Å². The fourth-order valence-electron chi connectivity index (χ4n) is 1.41. The van der Waals surface area contributed by atoms with Crippen LogP contribution in [0.3, 0.4) is 0 Å². The highest BCUT2D eigenvalue weighted by Crippen LogP contribution is 1.95. The lowest BCUT2D eigenvalue weighted by atomic mass is 10.3. The average Bonchev–Trinajstić information content (AvgIpc) is 2.28. The number of aryl methyl sites for hydroxylation is 1. The van der Waals surface area contributed by atoms with Gasteiger partial charge in [0, 0.05) is 33.3 Å². The number of carbonyl (C=O) groups is 1. The van der Waals surface area contributed by atoms with E-state index in [1.54, 1.807) is 25.2 Å². The van der Waals surface area contributed by atoms with Crippen LogP contribution in [0.15, 0.2) is 12.3 Å². The van der Waals surface area contributed by atoms with Crippen molar-refractivity contribution < 1.29 is 4.79 Å². The van der Waals surface area contributed by atoms with Gasteiger partial charge in [-0.1, -0.05) is 0 Å². The zero-order chi connectivity index (χ0) is 12.7. The summed E-state index contributed by atoms with van der Waals surface area (Å²) in [5.41, 5.74) is 0.983. The Bertz CT molecular complexity index is 365. The maximum absolute atomic E-state index is 11.3. The van der Waals surface area contributed by atoms with Gasteiger partial charge in [-0.3, -0.25) is 4.79 Å². The molecule has 0 aliphatic rings. The van der Waals surface area contributed by atoms with E-state index in [1.807, 2.05) is 13.0 Å². The molecule has 1 aromatic rings. The number of hydrogen-bond acceptors (Lipinski definition) is 4. The van der Waals surface area contributed by atoms with Gasteiger partial charge in [0.1, 0.15) is 5.82 Å². The van der Waals surface area contributed by atoms with E-state index in [4.69, 9.17) is 0 Å². The fraction of sp³-hybridized carbons (Fsp3) is 0.583. The average molecular weight is 236 g/mol. The maximum atomic E-state index is 11.3. The van der Waals surface area contributed by atoms with E-state index < -0.39 is 0 Å². The standard InChI is InChI=1S/C12H20N4O/c1-10-14-8-6-11(15-10)9-13-7-4-5-12(17)16(2)3/h6,8,13H,4-5,7,9H2,1-3H3. The monoisotopic (exact) mass is 236 g/mol. The molecule has 1 aromatic heterocycles. The SMILES string of the molecule is Cc1nccc(CNCCCC(=O)N(C)C)n1. The number of nitrogens with zero attached hydrogens (tertiary/aromatic N) is 3.